The number of carbonyl (C=O) groups is 1. The quantitative estimate of drug-likeness (QED) is 0.671. The van der Waals surface area contributed by atoms with Gasteiger partial charge < -0.3 is 10.5 Å². The molecule has 0 spiro atoms. The SMILES string of the molecule is COC(=O)C(N)(CF)c1ccccc1C(F)(F)F. The molecule has 3 nitrogen and oxygen atoms in total. The minimum Gasteiger partial charge on any atom is -0.467 e. The molecule has 1 aromatic rings. The van der Waals surface area contributed by atoms with Gasteiger partial charge in [0.15, 0.2) is 5.54 Å². The Morgan fingerprint density at radius 3 is 2.17 bits per heavy atom. The zero-order valence-corrected chi connectivity index (χ0v) is 9.42. The van der Waals surface area contributed by atoms with Crippen molar-refractivity contribution in [3.63, 3.8) is 0 Å². The summed E-state index contributed by atoms with van der Waals surface area (Å²) < 4.78 is 55.5. The van der Waals surface area contributed by atoms with Crippen LogP contribution in [0.25, 0.3) is 0 Å². The topological polar surface area (TPSA) is 52.3 Å². The molecule has 0 heterocycles. The van der Waals surface area contributed by atoms with Crippen LogP contribution in [0.5, 0.6) is 0 Å². The fourth-order valence-electron chi connectivity index (χ4n) is 1.54. The highest BCUT2D eigenvalue weighted by molar-refractivity contribution is 5.83. The van der Waals surface area contributed by atoms with E-state index in [1.165, 1.54) is 6.07 Å². The van der Waals surface area contributed by atoms with E-state index in [-0.39, 0.29) is 0 Å². The van der Waals surface area contributed by atoms with Crippen molar-refractivity contribution in [1.82, 2.24) is 0 Å². The number of nitrogens with two attached hydrogens (primary N) is 1. The lowest BCUT2D eigenvalue weighted by Crippen LogP contribution is -2.49. The number of carbonyl (C=O) groups excluding carboxylic acids is 1. The van der Waals surface area contributed by atoms with E-state index in [9.17, 15) is 22.4 Å². The number of rotatable bonds is 3. The summed E-state index contributed by atoms with van der Waals surface area (Å²) in [4.78, 5) is 11.4. The average molecular weight is 265 g/mol. The lowest BCUT2D eigenvalue weighted by molar-refractivity contribution is -0.149. The van der Waals surface area contributed by atoms with Gasteiger partial charge in [0.05, 0.1) is 12.7 Å². The van der Waals surface area contributed by atoms with Gasteiger partial charge in [-0.15, -0.1) is 0 Å². The molecule has 18 heavy (non-hydrogen) atoms. The molecule has 0 bridgehead atoms. The van der Waals surface area contributed by atoms with Crippen molar-refractivity contribution < 1.29 is 27.1 Å². The summed E-state index contributed by atoms with van der Waals surface area (Å²) in [6, 6.07) is 4.06. The third kappa shape index (κ3) is 2.45. The third-order valence-electron chi connectivity index (χ3n) is 2.47. The van der Waals surface area contributed by atoms with Gasteiger partial charge in [0.1, 0.15) is 6.67 Å². The van der Waals surface area contributed by atoms with E-state index in [1.54, 1.807) is 0 Å². The number of hydrogen-bond acceptors (Lipinski definition) is 3. The maximum atomic E-state index is 12.9. The van der Waals surface area contributed by atoms with E-state index in [0.717, 1.165) is 25.3 Å². The number of halogens is 4. The summed E-state index contributed by atoms with van der Waals surface area (Å²) in [5.74, 6) is -1.26. The van der Waals surface area contributed by atoms with Crippen LogP contribution in [0.15, 0.2) is 24.3 Å². The number of hydrogen-bond donors (Lipinski definition) is 1. The first-order chi connectivity index (χ1) is 8.27. The van der Waals surface area contributed by atoms with Gasteiger partial charge in [0, 0.05) is 0 Å². The van der Waals surface area contributed by atoms with E-state index in [0.29, 0.717) is 0 Å². The Balaban J connectivity index is 3.44. The van der Waals surface area contributed by atoms with E-state index in [1.807, 2.05) is 0 Å². The van der Waals surface area contributed by atoms with Crippen LogP contribution in [0.4, 0.5) is 17.6 Å². The second kappa shape index (κ2) is 4.93. The van der Waals surface area contributed by atoms with E-state index >= 15 is 0 Å². The maximum absolute atomic E-state index is 12.9. The van der Waals surface area contributed by atoms with Gasteiger partial charge in [0.25, 0.3) is 0 Å². The van der Waals surface area contributed by atoms with Crippen molar-refractivity contribution in [2.75, 3.05) is 13.8 Å². The zero-order chi connectivity index (χ0) is 14.0. The molecule has 1 aromatic carbocycles. The molecule has 2 N–H and O–H groups in total. The van der Waals surface area contributed by atoms with E-state index < -0.39 is 35.5 Å². The Morgan fingerprint density at radius 1 is 1.28 bits per heavy atom. The molecule has 0 amide bonds. The van der Waals surface area contributed by atoms with Gasteiger partial charge in [-0.05, 0) is 11.6 Å². The van der Waals surface area contributed by atoms with Crippen LogP contribution in [-0.2, 0) is 21.2 Å². The van der Waals surface area contributed by atoms with Crippen molar-refractivity contribution in [1.29, 1.82) is 0 Å². The second-order valence-electron chi connectivity index (χ2n) is 3.64. The summed E-state index contributed by atoms with van der Waals surface area (Å²) in [6.07, 6.45) is -4.73. The second-order valence-corrected chi connectivity index (χ2v) is 3.64. The lowest BCUT2D eigenvalue weighted by Gasteiger charge is -2.26. The van der Waals surface area contributed by atoms with Crippen molar-refractivity contribution in [2.24, 2.45) is 5.73 Å². The summed E-state index contributed by atoms with van der Waals surface area (Å²) in [7, 11) is 0.926. The summed E-state index contributed by atoms with van der Waals surface area (Å²) in [5.41, 5.74) is 1.16. The van der Waals surface area contributed by atoms with Crippen LogP contribution in [-0.4, -0.2) is 19.8 Å². The van der Waals surface area contributed by atoms with Gasteiger partial charge in [-0.2, -0.15) is 13.2 Å². The van der Waals surface area contributed by atoms with Crippen molar-refractivity contribution in [2.45, 2.75) is 11.7 Å². The minimum absolute atomic E-state index is 0.646. The van der Waals surface area contributed by atoms with Crippen LogP contribution in [0.3, 0.4) is 0 Å². The molecular weight excluding hydrogens is 254 g/mol. The van der Waals surface area contributed by atoms with Crippen molar-refractivity contribution in [3.05, 3.63) is 35.4 Å². The predicted octanol–water partition coefficient (Wildman–Crippen LogP) is 2.00. The Kier molecular flexibility index (Phi) is 3.95. The molecule has 0 aromatic heterocycles. The fraction of sp³-hybridized carbons (Fsp3) is 0.364. The fourth-order valence-corrected chi connectivity index (χ4v) is 1.54. The number of benzene rings is 1. The Labute approximate surface area is 101 Å². The molecule has 7 heteroatoms. The molecular formula is C11H11F4NO2. The van der Waals surface area contributed by atoms with Crippen LogP contribution < -0.4 is 5.73 Å². The number of esters is 1. The Bertz CT molecular complexity index is 447. The first kappa shape index (κ1) is 14.4. The summed E-state index contributed by atoms with van der Waals surface area (Å²) in [6.45, 7) is -1.49. The zero-order valence-electron chi connectivity index (χ0n) is 9.42. The molecule has 0 fully saturated rings. The van der Waals surface area contributed by atoms with Gasteiger partial charge >= 0.3 is 12.1 Å². The first-order valence-corrected chi connectivity index (χ1v) is 4.87. The minimum atomic E-state index is -4.73. The number of methoxy groups -OCH3 is 1. The average Bonchev–Trinajstić information content (AvgIpc) is 2.35. The molecule has 100 valence electrons. The molecule has 0 aliphatic heterocycles. The monoisotopic (exact) mass is 265 g/mol. The van der Waals surface area contributed by atoms with Crippen LogP contribution in [0.1, 0.15) is 11.1 Å². The molecule has 0 radical (unpaired) electrons. The maximum Gasteiger partial charge on any atom is 0.416 e. The van der Waals surface area contributed by atoms with Crippen LogP contribution >= 0.6 is 0 Å². The lowest BCUT2D eigenvalue weighted by atomic mass is 9.88. The van der Waals surface area contributed by atoms with E-state index in [2.05, 4.69) is 4.74 Å². The van der Waals surface area contributed by atoms with Crippen molar-refractivity contribution >= 4 is 5.97 Å². The Morgan fingerprint density at radius 2 is 1.78 bits per heavy atom. The smallest absolute Gasteiger partial charge is 0.416 e. The largest absolute Gasteiger partial charge is 0.467 e. The number of ether oxygens (including phenoxy) is 1. The highest BCUT2D eigenvalue weighted by Gasteiger charge is 2.44. The molecule has 1 rings (SSSR count). The van der Waals surface area contributed by atoms with Gasteiger partial charge in [0.2, 0.25) is 0 Å². The van der Waals surface area contributed by atoms with Crippen molar-refractivity contribution in [3.8, 4) is 0 Å². The Hall–Kier alpha value is -1.63. The molecule has 0 saturated heterocycles. The molecule has 0 aliphatic rings. The van der Waals surface area contributed by atoms with Gasteiger partial charge in [-0.1, -0.05) is 18.2 Å². The number of alkyl halides is 4. The molecule has 0 aliphatic carbocycles. The first-order valence-electron chi connectivity index (χ1n) is 4.87. The predicted molar refractivity (Wildman–Crippen MR) is 55.3 cm³/mol. The van der Waals surface area contributed by atoms with Crippen LogP contribution in [0.2, 0.25) is 0 Å². The molecule has 0 saturated carbocycles. The standard InChI is InChI=1S/C11H11F4NO2/c1-18-9(17)10(16,6-12)7-4-2-3-5-8(7)11(13,14)15/h2-5H,6,16H2,1H3. The summed E-state index contributed by atoms with van der Waals surface area (Å²) in [5, 5.41) is 0. The summed E-state index contributed by atoms with van der Waals surface area (Å²) >= 11 is 0. The normalized spacial score (nSPS) is 15.0. The highest BCUT2D eigenvalue weighted by atomic mass is 19.4. The van der Waals surface area contributed by atoms with E-state index in [4.69, 9.17) is 5.73 Å². The third-order valence-corrected chi connectivity index (χ3v) is 2.47. The van der Waals surface area contributed by atoms with Crippen LogP contribution in [0, 0.1) is 0 Å². The highest BCUT2D eigenvalue weighted by Crippen LogP contribution is 2.36. The van der Waals surface area contributed by atoms with Gasteiger partial charge in [-0.25, -0.2) is 9.18 Å². The molecule has 1 unspecified atom stereocenters. The van der Waals surface area contributed by atoms with Gasteiger partial charge in [-0.3, -0.25) is 0 Å². The molecule has 1 atom stereocenters.